The van der Waals surface area contributed by atoms with Gasteiger partial charge in [-0.2, -0.15) is 0 Å². The predicted molar refractivity (Wildman–Crippen MR) is 61.0 cm³/mol. The average Bonchev–Trinajstić information content (AvgIpc) is 2.92. The second-order valence-electron chi connectivity index (χ2n) is 4.02. The molecule has 2 heterocycles. The minimum absolute atomic E-state index is 0.664. The molecule has 0 aromatic heterocycles. The molecule has 16 heavy (non-hydrogen) atoms. The van der Waals surface area contributed by atoms with Gasteiger partial charge in [0.2, 0.25) is 0 Å². The number of hydrogen-bond donors (Lipinski definition) is 0. The average molecular weight is 207 g/mol. The van der Waals surface area contributed by atoms with E-state index in [1.165, 1.54) is 10.4 Å². The molecule has 2 aliphatic heterocycles. The molecule has 0 saturated heterocycles. The Kier molecular flexibility index (Phi) is 1.38. The molecule has 0 fully saturated rings. The molecule has 0 saturated carbocycles. The summed E-state index contributed by atoms with van der Waals surface area (Å²) in [5, 5.41) is 4.59. The minimum Gasteiger partial charge on any atom is -0.487 e. The van der Waals surface area contributed by atoms with Gasteiger partial charge < -0.3 is 4.74 Å². The monoisotopic (exact) mass is 207 g/mol. The van der Waals surface area contributed by atoms with E-state index in [-0.39, 0.29) is 0 Å². The summed E-state index contributed by atoms with van der Waals surface area (Å²) >= 11 is 0. The van der Waals surface area contributed by atoms with E-state index in [1.807, 2.05) is 18.2 Å². The van der Waals surface area contributed by atoms with Gasteiger partial charge in [-0.05, 0) is 12.1 Å². The maximum Gasteiger partial charge on any atom is 0.153 e. The number of hydrogen-bond acceptors (Lipinski definition) is 2. The molecule has 0 bridgehead atoms. The molecule has 4 rings (SSSR count). The Hall–Kier alpha value is -2.09. The summed E-state index contributed by atoms with van der Waals surface area (Å²) in [5.41, 5.74) is 0.993. The fourth-order valence-electron chi connectivity index (χ4n) is 2.36. The van der Waals surface area contributed by atoms with Crippen LogP contribution < -0.4 is 15.3 Å². The molecule has 2 nitrogen and oxygen atoms in total. The number of fused-ring (bicyclic) bond motifs is 4. The lowest BCUT2D eigenvalue weighted by Crippen LogP contribution is -1.97. The van der Waals surface area contributed by atoms with Crippen molar-refractivity contribution in [3.63, 3.8) is 0 Å². The first-order chi connectivity index (χ1) is 7.93. The van der Waals surface area contributed by atoms with Crippen LogP contribution in [0.5, 0.6) is 5.75 Å². The lowest BCUT2D eigenvalue weighted by atomic mass is 10.2. The van der Waals surface area contributed by atoms with Crippen LogP contribution in [0.25, 0.3) is 6.08 Å². The van der Waals surface area contributed by atoms with Crippen LogP contribution in [0.2, 0.25) is 0 Å². The molecule has 0 radical (unpaired) electrons. The van der Waals surface area contributed by atoms with Gasteiger partial charge >= 0.3 is 0 Å². The molecule has 0 unspecified atom stereocenters. The summed E-state index contributed by atoms with van der Waals surface area (Å²) in [7, 11) is 0. The highest BCUT2D eigenvalue weighted by Gasteiger charge is 2.13. The highest BCUT2D eigenvalue weighted by atomic mass is 16.5. The van der Waals surface area contributed by atoms with Gasteiger partial charge in [-0.1, -0.05) is 30.3 Å². The summed E-state index contributed by atoms with van der Waals surface area (Å²) < 4.78 is 5.62. The quantitative estimate of drug-likeness (QED) is 0.546. The van der Waals surface area contributed by atoms with Crippen molar-refractivity contribution >= 4 is 11.8 Å². The van der Waals surface area contributed by atoms with Crippen LogP contribution >= 0.6 is 0 Å². The third kappa shape index (κ3) is 0.890. The summed E-state index contributed by atoms with van der Waals surface area (Å²) in [4.78, 5) is 4.64. The van der Waals surface area contributed by atoms with Gasteiger partial charge in [0.05, 0.1) is 5.36 Å². The van der Waals surface area contributed by atoms with Crippen LogP contribution in [-0.4, -0.2) is 6.61 Å². The molecule has 2 aliphatic rings. The maximum atomic E-state index is 5.62. The molecule has 0 amide bonds. The van der Waals surface area contributed by atoms with Gasteiger partial charge in [0.25, 0.3) is 0 Å². The molecular formula is C14H9NO. The molecule has 0 spiro atoms. The SMILES string of the molecule is C1=c2ccc3c(c2OC1)N=c1ccccc1=3. The summed E-state index contributed by atoms with van der Waals surface area (Å²) in [6.07, 6.45) is 2.09. The Balaban J connectivity index is 2.31. The summed E-state index contributed by atoms with van der Waals surface area (Å²) in [6, 6.07) is 12.5. The molecular weight excluding hydrogens is 198 g/mol. The molecule has 0 N–H and O–H groups in total. The molecule has 0 aliphatic carbocycles. The number of para-hydroxylation sites is 1. The normalized spacial score (nSPS) is 14.2. The lowest BCUT2D eigenvalue weighted by molar-refractivity contribution is 0.387. The minimum atomic E-state index is 0.664. The second kappa shape index (κ2) is 2.73. The van der Waals surface area contributed by atoms with Crippen molar-refractivity contribution < 1.29 is 4.74 Å². The fourth-order valence-corrected chi connectivity index (χ4v) is 2.36. The Bertz CT molecular complexity index is 806. The third-order valence-electron chi connectivity index (χ3n) is 3.12. The molecule has 76 valence electrons. The summed E-state index contributed by atoms with van der Waals surface area (Å²) in [5.74, 6) is 0.939. The number of rotatable bonds is 0. The molecule has 2 aromatic rings. The number of benzene rings is 2. The first-order valence-electron chi connectivity index (χ1n) is 5.37. The van der Waals surface area contributed by atoms with Gasteiger partial charge in [-0.15, -0.1) is 0 Å². The topological polar surface area (TPSA) is 21.6 Å². The van der Waals surface area contributed by atoms with E-state index in [9.17, 15) is 0 Å². The summed E-state index contributed by atoms with van der Waals surface area (Å²) in [6.45, 7) is 0.664. The molecule has 2 heteroatoms. The van der Waals surface area contributed by atoms with E-state index < -0.39 is 0 Å². The van der Waals surface area contributed by atoms with Gasteiger partial charge in [-0.25, -0.2) is 4.99 Å². The standard InChI is InChI=1S/C14H9NO/c1-2-4-12-10(3-1)11-6-5-9-7-8-16-14(9)13(11)15-12/h1-7H,8H2. The van der Waals surface area contributed by atoms with Crippen molar-refractivity contribution in [3.8, 4) is 5.75 Å². The first-order valence-corrected chi connectivity index (χ1v) is 5.37. The zero-order valence-corrected chi connectivity index (χ0v) is 8.60. The molecule has 0 atom stereocenters. The van der Waals surface area contributed by atoms with E-state index in [0.29, 0.717) is 6.61 Å². The van der Waals surface area contributed by atoms with Crippen LogP contribution in [-0.2, 0) is 0 Å². The number of ether oxygens (including phenoxy) is 1. The zero-order valence-electron chi connectivity index (χ0n) is 8.60. The van der Waals surface area contributed by atoms with Crippen molar-refractivity contribution in [1.82, 2.24) is 0 Å². The van der Waals surface area contributed by atoms with Crippen molar-refractivity contribution in [2.75, 3.05) is 6.61 Å². The van der Waals surface area contributed by atoms with E-state index in [1.54, 1.807) is 0 Å². The predicted octanol–water partition coefficient (Wildman–Crippen LogP) is 1.41. The van der Waals surface area contributed by atoms with E-state index in [4.69, 9.17) is 4.74 Å². The van der Waals surface area contributed by atoms with Crippen LogP contribution in [0, 0.1) is 10.4 Å². The zero-order chi connectivity index (χ0) is 10.5. The maximum absolute atomic E-state index is 5.62. The van der Waals surface area contributed by atoms with E-state index in [0.717, 1.165) is 22.0 Å². The van der Waals surface area contributed by atoms with Gasteiger partial charge in [0, 0.05) is 15.7 Å². The number of nitrogens with zero attached hydrogens (tertiary/aromatic N) is 1. The Morgan fingerprint density at radius 2 is 1.94 bits per heavy atom. The van der Waals surface area contributed by atoms with Gasteiger partial charge in [-0.3, -0.25) is 0 Å². The van der Waals surface area contributed by atoms with Gasteiger partial charge in [0.1, 0.15) is 12.3 Å². The van der Waals surface area contributed by atoms with Crippen molar-refractivity contribution in [1.29, 1.82) is 0 Å². The third-order valence-corrected chi connectivity index (χ3v) is 3.12. The van der Waals surface area contributed by atoms with Crippen LogP contribution in [0.15, 0.2) is 41.4 Å². The van der Waals surface area contributed by atoms with E-state index in [2.05, 4.69) is 29.3 Å². The Morgan fingerprint density at radius 3 is 2.94 bits per heavy atom. The lowest BCUT2D eigenvalue weighted by Gasteiger charge is -2.00. The van der Waals surface area contributed by atoms with Gasteiger partial charge in [0.15, 0.2) is 5.75 Å². The first kappa shape index (κ1) is 8.11. The van der Waals surface area contributed by atoms with Crippen molar-refractivity contribution in [2.45, 2.75) is 0 Å². The second-order valence-corrected chi connectivity index (χ2v) is 4.02. The Labute approximate surface area is 91.8 Å². The highest BCUT2D eigenvalue weighted by Crippen LogP contribution is 2.28. The Morgan fingerprint density at radius 1 is 1.00 bits per heavy atom. The van der Waals surface area contributed by atoms with Crippen LogP contribution in [0.1, 0.15) is 0 Å². The highest BCUT2D eigenvalue weighted by molar-refractivity contribution is 5.60. The van der Waals surface area contributed by atoms with E-state index >= 15 is 0 Å². The fraction of sp³-hybridized carbons (Fsp3) is 0.0714. The smallest absolute Gasteiger partial charge is 0.153 e. The van der Waals surface area contributed by atoms with Crippen molar-refractivity contribution in [2.24, 2.45) is 4.99 Å². The molecule has 2 aromatic carbocycles. The largest absolute Gasteiger partial charge is 0.487 e. The van der Waals surface area contributed by atoms with Crippen molar-refractivity contribution in [3.05, 3.63) is 57.4 Å². The van der Waals surface area contributed by atoms with Crippen LogP contribution in [0.4, 0.5) is 5.69 Å². The van der Waals surface area contributed by atoms with Crippen LogP contribution in [0.3, 0.4) is 0 Å².